The molecule has 0 saturated heterocycles. The van der Waals surface area contributed by atoms with E-state index >= 15 is 0 Å². The van der Waals surface area contributed by atoms with E-state index < -0.39 is 4.92 Å². The summed E-state index contributed by atoms with van der Waals surface area (Å²) in [6, 6.07) is 0. The van der Waals surface area contributed by atoms with Crippen LogP contribution in [0, 0.1) is 22.0 Å². The quantitative estimate of drug-likeness (QED) is 0.582. The first kappa shape index (κ1) is 15.1. The van der Waals surface area contributed by atoms with Crippen molar-refractivity contribution in [2.75, 3.05) is 23.7 Å². The first-order chi connectivity index (χ1) is 8.97. The predicted octanol–water partition coefficient (Wildman–Crippen LogP) is 2.52. The minimum atomic E-state index is -0.458. The van der Waals surface area contributed by atoms with Gasteiger partial charge in [-0.25, -0.2) is 9.97 Å². The molecule has 7 heteroatoms. The first-order valence-corrected chi connectivity index (χ1v) is 6.44. The van der Waals surface area contributed by atoms with Gasteiger partial charge in [-0.1, -0.05) is 20.8 Å². The van der Waals surface area contributed by atoms with E-state index in [4.69, 9.17) is 0 Å². The lowest BCUT2D eigenvalue weighted by Gasteiger charge is -2.16. The van der Waals surface area contributed by atoms with Crippen LogP contribution in [0.3, 0.4) is 0 Å². The third-order valence-corrected chi connectivity index (χ3v) is 3.08. The molecule has 0 aliphatic heterocycles. The van der Waals surface area contributed by atoms with Crippen LogP contribution in [0.25, 0.3) is 0 Å². The van der Waals surface area contributed by atoms with Gasteiger partial charge in [0.05, 0.1) is 4.92 Å². The van der Waals surface area contributed by atoms with Crippen molar-refractivity contribution in [2.45, 2.75) is 27.7 Å². The molecule has 1 heterocycles. The smallest absolute Gasteiger partial charge is 0.353 e. The van der Waals surface area contributed by atoms with Crippen LogP contribution in [0.5, 0.6) is 0 Å². The number of nitrogens with one attached hydrogen (secondary N) is 2. The fraction of sp³-hybridized carbons (Fsp3) is 0.667. The molecular formula is C12H21N5O2. The Balaban J connectivity index is 2.93. The Morgan fingerprint density at radius 1 is 1.26 bits per heavy atom. The van der Waals surface area contributed by atoms with Gasteiger partial charge >= 0.3 is 5.69 Å². The summed E-state index contributed by atoms with van der Waals surface area (Å²) in [4.78, 5) is 18.6. The van der Waals surface area contributed by atoms with Crippen LogP contribution in [0.1, 0.15) is 27.7 Å². The van der Waals surface area contributed by atoms with Crippen LogP contribution in [0.2, 0.25) is 0 Å². The molecule has 1 rings (SSSR count). The number of hydrogen-bond donors (Lipinski definition) is 2. The average Bonchev–Trinajstić information content (AvgIpc) is 2.35. The molecule has 0 radical (unpaired) electrons. The molecule has 19 heavy (non-hydrogen) atoms. The van der Waals surface area contributed by atoms with Crippen LogP contribution in [-0.4, -0.2) is 28.0 Å². The highest BCUT2D eigenvalue weighted by Gasteiger charge is 2.22. The number of hydrogen-bond acceptors (Lipinski definition) is 6. The molecule has 7 nitrogen and oxygen atoms in total. The van der Waals surface area contributed by atoms with Gasteiger partial charge in [0.25, 0.3) is 0 Å². The van der Waals surface area contributed by atoms with E-state index in [1.807, 2.05) is 6.92 Å². The summed E-state index contributed by atoms with van der Waals surface area (Å²) in [5.74, 6) is 1.42. The monoisotopic (exact) mass is 267 g/mol. The highest BCUT2D eigenvalue weighted by Crippen LogP contribution is 2.28. The van der Waals surface area contributed by atoms with E-state index in [2.05, 4.69) is 41.4 Å². The molecule has 1 aromatic rings. The fourth-order valence-corrected chi connectivity index (χ4v) is 1.47. The maximum absolute atomic E-state index is 11.1. The van der Waals surface area contributed by atoms with Crippen molar-refractivity contribution in [2.24, 2.45) is 11.8 Å². The predicted molar refractivity (Wildman–Crippen MR) is 75.3 cm³/mol. The van der Waals surface area contributed by atoms with E-state index in [1.54, 1.807) is 0 Å². The molecule has 0 saturated carbocycles. The van der Waals surface area contributed by atoms with Crippen molar-refractivity contribution >= 4 is 17.3 Å². The van der Waals surface area contributed by atoms with Gasteiger partial charge in [0.1, 0.15) is 6.33 Å². The number of aromatic nitrogens is 2. The van der Waals surface area contributed by atoms with Crippen molar-refractivity contribution < 1.29 is 4.92 Å². The molecule has 0 aliphatic rings. The third-order valence-electron chi connectivity index (χ3n) is 3.08. The normalized spacial score (nSPS) is 12.3. The molecule has 0 bridgehead atoms. The molecule has 0 spiro atoms. The lowest BCUT2D eigenvalue weighted by atomic mass is 9.98. The van der Waals surface area contributed by atoms with Gasteiger partial charge < -0.3 is 10.6 Å². The molecule has 1 aromatic heterocycles. The van der Waals surface area contributed by atoms with Crippen molar-refractivity contribution in [3.8, 4) is 0 Å². The zero-order valence-corrected chi connectivity index (χ0v) is 11.8. The van der Waals surface area contributed by atoms with Gasteiger partial charge in [-0.05, 0) is 18.8 Å². The SMILES string of the molecule is CCNc1ncnc(NCC(C)C(C)C)c1[N+](=O)[O-]. The number of anilines is 2. The zero-order chi connectivity index (χ0) is 14.4. The van der Waals surface area contributed by atoms with Gasteiger partial charge in [0, 0.05) is 13.1 Å². The second-order valence-corrected chi connectivity index (χ2v) is 4.81. The second-order valence-electron chi connectivity index (χ2n) is 4.81. The molecular weight excluding hydrogens is 246 g/mol. The molecule has 0 amide bonds. The summed E-state index contributed by atoms with van der Waals surface area (Å²) >= 11 is 0. The fourth-order valence-electron chi connectivity index (χ4n) is 1.47. The van der Waals surface area contributed by atoms with Crippen LogP contribution >= 0.6 is 0 Å². The Bertz CT molecular complexity index is 436. The number of nitro groups is 1. The maximum atomic E-state index is 11.1. The lowest BCUT2D eigenvalue weighted by Crippen LogP contribution is -2.18. The highest BCUT2D eigenvalue weighted by molar-refractivity contribution is 5.69. The summed E-state index contributed by atoms with van der Waals surface area (Å²) in [6.45, 7) is 9.39. The largest absolute Gasteiger partial charge is 0.364 e. The van der Waals surface area contributed by atoms with Crippen LogP contribution in [-0.2, 0) is 0 Å². The molecule has 0 aliphatic carbocycles. The van der Waals surface area contributed by atoms with E-state index in [-0.39, 0.29) is 17.3 Å². The maximum Gasteiger partial charge on any atom is 0.353 e. The van der Waals surface area contributed by atoms with Gasteiger partial charge in [0.2, 0.25) is 11.6 Å². The molecule has 1 atom stereocenters. The first-order valence-electron chi connectivity index (χ1n) is 6.44. The Labute approximate surface area is 113 Å². The van der Waals surface area contributed by atoms with Crippen molar-refractivity contribution in [3.63, 3.8) is 0 Å². The molecule has 2 N–H and O–H groups in total. The third kappa shape index (κ3) is 4.04. The van der Waals surface area contributed by atoms with Crippen LogP contribution in [0.4, 0.5) is 17.3 Å². The van der Waals surface area contributed by atoms with E-state index in [0.29, 0.717) is 24.9 Å². The topological polar surface area (TPSA) is 93.0 Å². The van der Waals surface area contributed by atoms with Gasteiger partial charge in [0.15, 0.2) is 0 Å². The van der Waals surface area contributed by atoms with Gasteiger partial charge in [-0.15, -0.1) is 0 Å². The van der Waals surface area contributed by atoms with Crippen LogP contribution in [0.15, 0.2) is 6.33 Å². The minimum absolute atomic E-state index is 0.0969. The van der Waals surface area contributed by atoms with Gasteiger partial charge in [-0.3, -0.25) is 10.1 Å². The minimum Gasteiger partial charge on any atom is -0.364 e. The van der Waals surface area contributed by atoms with Crippen molar-refractivity contribution in [3.05, 3.63) is 16.4 Å². The molecule has 106 valence electrons. The molecule has 0 aromatic carbocycles. The zero-order valence-electron chi connectivity index (χ0n) is 11.8. The van der Waals surface area contributed by atoms with Crippen molar-refractivity contribution in [1.82, 2.24) is 9.97 Å². The van der Waals surface area contributed by atoms with E-state index in [1.165, 1.54) is 6.33 Å². The summed E-state index contributed by atoms with van der Waals surface area (Å²) in [6.07, 6.45) is 1.33. The Hall–Kier alpha value is -1.92. The van der Waals surface area contributed by atoms with E-state index in [9.17, 15) is 10.1 Å². The average molecular weight is 267 g/mol. The molecule has 1 unspecified atom stereocenters. The summed E-state index contributed by atoms with van der Waals surface area (Å²) in [5.41, 5.74) is -0.0969. The molecule has 0 fully saturated rings. The Morgan fingerprint density at radius 2 is 1.84 bits per heavy atom. The van der Waals surface area contributed by atoms with Crippen molar-refractivity contribution in [1.29, 1.82) is 0 Å². The van der Waals surface area contributed by atoms with Crippen LogP contribution < -0.4 is 10.6 Å². The number of nitrogens with zero attached hydrogens (tertiary/aromatic N) is 3. The Morgan fingerprint density at radius 3 is 2.32 bits per heavy atom. The summed E-state index contributed by atoms with van der Waals surface area (Å²) in [7, 11) is 0. The number of rotatable bonds is 7. The standard InChI is InChI=1S/C12H21N5O2/c1-5-13-11-10(17(18)19)12(16-7-15-11)14-6-9(4)8(2)3/h7-9H,5-6H2,1-4H3,(H2,13,14,15,16). The Kier molecular flexibility index (Phi) is 5.47. The summed E-state index contributed by atoms with van der Waals surface area (Å²) < 4.78 is 0. The lowest BCUT2D eigenvalue weighted by molar-refractivity contribution is -0.383. The van der Waals surface area contributed by atoms with E-state index in [0.717, 1.165) is 0 Å². The summed E-state index contributed by atoms with van der Waals surface area (Å²) in [5, 5.41) is 17.1. The van der Waals surface area contributed by atoms with Gasteiger partial charge in [-0.2, -0.15) is 0 Å². The highest BCUT2D eigenvalue weighted by atomic mass is 16.6. The second kappa shape index (κ2) is 6.86.